The number of benzene rings is 1. The fourth-order valence-corrected chi connectivity index (χ4v) is 1.88. The van der Waals surface area contributed by atoms with E-state index < -0.39 is 0 Å². The summed E-state index contributed by atoms with van der Waals surface area (Å²) in [5.41, 5.74) is 2.62. The minimum absolute atomic E-state index is 0.0912. The number of hydrogen-bond donors (Lipinski definition) is 1. The van der Waals surface area contributed by atoms with Crippen LogP contribution < -0.4 is 10.1 Å². The first kappa shape index (κ1) is 12.4. The van der Waals surface area contributed by atoms with E-state index in [0.29, 0.717) is 0 Å². The number of aromatic nitrogens is 1. The summed E-state index contributed by atoms with van der Waals surface area (Å²) in [6, 6.07) is 7.54. The molecule has 1 heterocycles. The average molecular weight is 244 g/mol. The third-order valence-corrected chi connectivity index (χ3v) is 2.73. The van der Waals surface area contributed by atoms with E-state index in [0.717, 1.165) is 34.5 Å². The van der Waals surface area contributed by atoms with Crippen molar-refractivity contribution in [2.24, 2.45) is 0 Å². The fraction of sp³-hybridized carbons (Fsp3) is 0.286. The first-order valence-corrected chi connectivity index (χ1v) is 5.89. The van der Waals surface area contributed by atoms with Gasteiger partial charge < -0.3 is 10.1 Å². The van der Waals surface area contributed by atoms with Crippen LogP contribution in [0.25, 0.3) is 10.9 Å². The van der Waals surface area contributed by atoms with Crippen LogP contribution in [0.5, 0.6) is 5.75 Å². The molecule has 0 aliphatic carbocycles. The molecule has 0 unspecified atom stereocenters. The van der Waals surface area contributed by atoms with Crippen LogP contribution in [0.3, 0.4) is 0 Å². The van der Waals surface area contributed by atoms with Gasteiger partial charge in [0.05, 0.1) is 12.6 Å². The summed E-state index contributed by atoms with van der Waals surface area (Å²) in [4.78, 5) is 15.6. The van der Waals surface area contributed by atoms with Crippen molar-refractivity contribution in [1.29, 1.82) is 0 Å². The molecule has 0 saturated carbocycles. The van der Waals surface area contributed by atoms with E-state index >= 15 is 0 Å². The predicted molar refractivity (Wildman–Crippen MR) is 72.0 cm³/mol. The third-order valence-electron chi connectivity index (χ3n) is 2.73. The van der Waals surface area contributed by atoms with Crippen molar-refractivity contribution in [1.82, 2.24) is 4.98 Å². The third kappa shape index (κ3) is 2.42. The van der Waals surface area contributed by atoms with Crippen LogP contribution in [-0.4, -0.2) is 18.0 Å². The predicted octanol–water partition coefficient (Wildman–Crippen LogP) is 2.76. The number of ether oxygens (including phenoxy) is 1. The van der Waals surface area contributed by atoms with Crippen LogP contribution >= 0.6 is 0 Å². The molecule has 1 aromatic heterocycles. The lowest BCUT2D eigenvalue weighted by Crippen LogP contribution is -2.05. The maximum atomic E-state index is 11.0. The van der Waals surface area contributed by atoms with Crippen LogP contribution in [0.15, 0.2) is 24.3 Å². The summed E-state index contributed by atoms with van der Waals surface area (Å²) in [5.74, 6) is 0.690. The van der Waals surface area contributed by atoms with Gasteiger partial charge in [-0.25, -0.2) is 0 Å². The van der Waals surface area contributed by atoms with Gasteiger partial charge in [0.15, 0.2) is 0 Å². The number of aryl methyl sites for hydroxylation is 1. The second-order valence-corrected chi connectivity index (χ2v) is 4.08. The lowest BCUT2D eigenvalue weighted by Gasteiger charge is -2.09. The van der Waals surface area contributed by atoms with Gasteiger partial charge in [-0.1, -0.05) is 6.92 Å². The Bertz CT molecular complexity index is 594. The first-order chi connectivity index (χ1) is 8.63. The standard InChI is InChI=1S/C14H16N2O2/c1-4-10-8-14(18-3)12-7-11(15-9(2)17)5-6-13(12)16-10/h5-8H,4H2,1-3H3,(H,15,17). The number of nitrogens with zero attached hydrogens (tertiary/aromatic N) is 1. The van der Waals surface area contributed by atoms with Crippen LogP contribution in [0, 0.1) is 0 Å². The average Bonchev–Trinajstić information content (AvgIpc) is 2.36. The second kappa shape index (κ2) is 5.04. The molecule has 1 amide bonds. The van der Waals surface area contributed by atoms with Gasteiger partial charge in [0.25, 0.3) is 0 Å². The van der Waals surface area contributed by atoms with E-state index in [1.807, 2.05) is 24.3 Å². The number of carbonyl (C=O) groups is 1. The number of hydrogen-bond acceptors (Lipinski definition) is 3. The highest BCUT2D eigenvalue weighted by Gasteiger charge is 2.07. The molecule has 0 saturated heterocycles. The van der Waals surface area contributed by atoms with Crippen molar-refractivity contribution in [2.45, 2.75) is 20.3 Å². The Morgan fingerprint density at radius 2 is 2.17 bits per heavy atom. The fourth-order valence-electron chi connectivity index (χ4n) is 1.88. The summed E-state index contributed by atoms with van der Waals surface area (Å²) in [6.45, 7) is 3.54. The van der Waals surface area contributed by atoms with Crippen molar-refractivity contribution in [3.63, 3.8) is 0 Å². The number of amides is 1. The van der Waals surface area contributed by atoms with E-state index in [1.54, 1.807) is 7.11 Å². The molecule has 2 aromatic rings. The van der Waals surface area contributed by atoms with Gasteiger partial charge in [0.1, 0.15) is 5.75 Å². The minimum atomic E-state index is -0.0912. The van der Waals surface area contributed by atoms with Gasteiger partial charge in [-0.15, -0.1) is 0 Å². The number of pyridine rings is 1. The molecule has 0 spiro atoms. The maximum Gasteiger partial charge on any atom is 0.221 e. The van der Waals surface area contributed by atoms with Crippen LogP contribution in [0.1, 0.15) is 19.5 Å². The zero-order valence-electron chi connectivity index (χ0n) is 10.8. The summed E-state index contributed by atoms with van der Waals surface area (Å²) in [6.07, 6.45) is 0.861. The Hall–Kier alpha value is -2.10. The first-order valence-electron chi connectivity index (χ1n) is 5.89. The van der Waals surface area contributed by atoms with Crippen molar-refractivity contribution >= 4 is 22.5 Å². The lowest BCUT2D eigenvalue weighted by molar-refractivity contribution is -0.114. The minimum Gasteiger partial charge on any atom is -0.496 e. The number of carbonyl (C=O) groups excluding carboxylic acids is 1. The van der Waals surface area contributed by atoms with E-state index in [-0.39, 0.29) is 5.91 Å². The molecular weight excluding hydrogens is 228 g/mol. The molecule has 4 heteroatoms. The molecular formula is C14H16N2O2. The highest BCUT2D eigenvalue weighted by atomic mass is 16.5. The Morgan fingerprint density at radius 3 is 2.78 bits per heavy atom. The van der Waals surface area contributed by atoms with Gasteiger partial charge in [0.2, 0.25) is 5.91 Å². The number of anilines is 1. The Labute approximate surface area is 106 Å². The second-order valence-electron chi connectivity index (χ2n) is 4.08. The highest BCUT2D eigenvalue weighted by molar-refractivity contribution is 5.94. The monoisotopic (exact) mass is 244 g/mol. The van der Waals surface area contributed by atoms with Crippen molar-refractivity contribution < 1.29 is 9.53 Å². The summed E-state index contributed by atoms with van der Waals surface area (Å²) >= 11 is 0. The van der Waals surface area contributed by atoms with Crippen LogP contribution in [-0.2, 0) is 11.2 Å². The van der Waals surface area contributed by atoms with Gasteiger partial charge in [0, 0.05) is 29.8 Å². The van der Waals surface area contributed by atoms with E-state index in [9.17, 15) is 4.79 Å². The molecule has 1 N–H and O–H groups in total. The van der Waals surface area contributed by atoms with E-state index in [4.69, 9.17) is 4.74 Å². The van der Waals surface area contributed by atoms with Crippen LogP contribution in [0.4, 0.5) is 5.69 Å². The molecule has 0 aliphatic heterocycles. The summed E-state index contributed by atoms with van der Waals surface area (Å²) < 4.78 is 5.38. The van der Waals surface area contributed by atoms with Crippen molar-refractivity contribution in [3.8, 4) is 5.75 Å². The molecule has 0 fully saturated rings. The molecule has 1 aromatic carbocycles. The molecule has 0 aliphatic rings. The zero-order valence-corrected chi connectivity index (χ0v) is 10.8. The van der Waals surface area contributed by atoms with E-state index in [2.05, 4.69) is 17.2 Å². The van der Waals surface area contributed by atoms with Gasteiger partial charge >= 0.3 is 0 Å². The van der Waals surface area contributed by atoms with Crippen molar-refractivity contribution in [2.75, 3.05) is 12.4 Å². The normalized spacial score (nSPS) is 10.4. The smallest absolute Gasteiger partial charge is 0.221 e. The highest BCUT2D eigenvalue weighted by Crippen LogP contribution is 2.28. The molecule has 18 heavy (non-hydrogen) atoms. The molecule has 0 atom stereocenters. The summed E-state index contributed by atoms with van der Waals surface area (Å²) in [7, 11) is 1.64. The number of methoxy groups -OCH3 is 1. The number of fused-ring (bicyclic) bond motifs is 1. The molecule has 4 nitrogen and oxygen atoms in total. The summed E-state index contributed by atoms with van der Waals surface area (Å²) in [5, 5.41) is 3.66. The van der Waals surface area contributed by atoms with E-state index in [1.165, 1.54) is 6.92 Å². The lowest BCUT2D eigenvalue weighted by atomic mass is 10.1. The molecule has 0 radical (unpaired) electrons. The van der Waals surface area contributed by atoms with Gasteiger partial charge in [-0.2, -0.15) is 0 Å². The van der Waals surface area contributed by atoms with Crippen molar-refractivity contribution in [3.05, 3.63) is 30.0 Å². The van der Waals surface area contributed by atoms with Gasteiger partial charge in [-0.3, -0.25) is 9.78 Å². The SMILES string of the molecule is CCc1cc(OC)c2cc(NC(C)=O)ccc2n1. The Morgan fingerprint density at radius 1 is 1.39 bits per heavy atom. The number of rotatable bonds is 3. The Balaban J connectivity index is 2.57. The molecule has 2 rings (SSSR count). The zero-order chi connectivity index (χ0) is 13.1. The molecule has 94 valence electrons. The quantitative estimate of drug-likeness (QED) is 0.903. The largest absolute Gasteiger partial charge is 0.496 e. The number of nitrogens with one attached hydrogen (secondary N) is 1. The Kier molecular flexibility index (Phi) is 3.46. The van der Waals surface area contributed by atoms with Gasteiger partial charge in [-0.05, 0) is 24.6 Å². The topological polar surface area (TPSA) is 51.2 Å². The maximum absolute atomic E-state index is 11.0. The van der Waals surface area contributed by atoms with Crippen LogP contribution in [0.2, 0.25) is 0 Å². The molecule has 0 bridgehead atoms.